The van der Waals surface area contributed by atoms with Crippen LogP contribution in [0.2, 0.25) is 0 Å². The number of aliphatic hydroxyl groups is 1. The van der Waals surface area contributed by atoms with Gasteiger partial charge in [0.2, 0.25) is 0 Å². The van der Waals surface area contributed by atoms with Gasteiger partial charge in [0.1, 0.15) is 5.75 Å². The second kappa shape index (κ2) is 6.97. The Labute approximate surface area is 151 Å². The van der Waals surface area contributed by atoms with Crippen LogP contribution in [0, 0.1) is 0 Å². The number of nitrogens with zero attached hydrogens (tertiary/aromatic N) is 3. The van der Waals surface area contributed by atoms with E-state index in [0.29, 0.717) is 37.4 Å². The highest BCUT2D eigenvalue weighted by molar-refractivity contribution is 5.99. The van der Waals surface area contributed by atoms with Crippen LogP contribution in [0.1, 0.15) is 16.8 Å². The van der Waals surface area contributed by atoms with Crippen LogP contribution in [0.4, 0.5) is 5.82 Å². The second-order valence-electron chi connectivity index (χ2n) is 6.88. The van der Waals surface area contributed by atoms with Gasteiger partial charge in [0.15, 0.2) is 17.1 Å². The van der Waals surface area contributed by atoms with Crippen molar-refractivity contribution >= 4 is 11.8 Å². The summed E-state index contributed by atoms with van der Waals surface area (Å²) in [5, 5.41) is 24.4. The van der Waals surface area contributed by atoms with Crippen molar-refractivity contribution in [1.29, 1.82) is 0 Å². The predicted octanol–water partition coefficient (Wildman–Crippen LogP) is 1.55. The fourth-order valence-corrected chi connectivity index (χ4v) is 3.38. The number of hydrogen-bond acceptors (Lipinski definition) is 7. The fraction of sp³-hybridized carbons (Fsp3) is 0.444. The lowest BCUT2D eigenvalue weighted by Gasteiger charge is -2.26. The number of benzene rings is 1. The standard InChI is InChI=1S/C18H23N3O5/c1-20(2)10-18(24)8-9-21(11-18)16-14(17(22)23)15(26-19-16)12-4-6-13(25-3)7-5-12/h4-7,24H,8-11H2,1-3H3,(H,22,23). The number of ether oxygens (including phenoxy) is 1. The molecule has 0 aliphatic carbocycles. The van der Waals surface area contributed by atoms with Gasteiger partial charge in [-0.25, -0.2) is 4.79 Å². The van der Waals surface area contributed by atoms with Crippen LogP contribution >= 0.6 is 0 Å². The minimum Gasteiger partial charge on any atom is -0.497 e. The third-order valence-electron chi connectivity index (χ3n) is 4.48. The summed E-state index contributed by atoms with van der Waals surface area (Å²) in [5.41, 5.74) is -0.299. The molecule has 0 spiro atoms. The summed E-state index contributed by atoms with van der Waals surface area (Å²) in [6.07, 6.45) is 0.537. The molecule has 2 N–H and O–H groups in total. The minimum absolute atomic E-state index is 0.00395. The smallest absolute Gasteiger partial charge is 0.343 e. The van der Waals surface area contributed by atoms with Crippen LogP contribution in [0.3, 0.4) is 0 Å². The van der Waals surface area contributed by atoms with E-state index in [1.165, 1.54) is 0 Å². The molecular weight excluding hydrogens is 338 g/mol. The van der Waals surface area contributed by atoms with Gasteiger partial charge in [-0.1, -0.05) is 5.16 Å². The highest BCUT2D eigenvalue weighted by Gasteiger charge is 2.40. The molecule has 8 nitrogen and oxygen atoms in total. The molecule has 1 aliphatic rings. The summed E-state index contributed by atoms with van der Waals surface area (Å²) in [5.74, 6) is -0.00928. The topological polar surface area (TPSA) is 99.3 Å². The summed E-state index contributed by atoms with van der Waals surface area (Å²) in [7, 11) is 5.34. The lowest BCUT2D eigenvalue weighted by molar-refractivity contribution is 0.0365. The first-order chi connectivity index (χ1) is 12.3. The number of anilines is 1. The summed E-state index contributed by atoms with van der Waals surface area (Å²) in [6, 6.07) is 6.91. The Balaban J connectivity index is 1.92. The average molecular weight is 361 g/mol. The van der Waals surface area contributed by atoms with E-state index in [0.717, 1.165) is 0 Å². The van der Waals surface area contributed by atoms with Gasteiger partial charge in [-0.2, -0.15) is 0 Å². The fourth-order valence-electron chi connectivity index (χ4n) is 3.38. The van der Waals surface area contributed by atoms with Crippen molar-refractivity contribution in [3.63, 3.8) is 0 Å². The molecule has 0 amide bonds. The first-order valence-electron chi connectivity index (χ1n) is 8.32. The summed E-state index contributed by atoms with van der Waals surface area (Å²) >= 11 is 0. The van der Waals surface area contributed by atoms with Crippen molar-refractivity contribution < 1.29 is 24.3 Å². The molecule has 2 heterocycles. The number of carboxylic acid groups (broad SMARTS) is 1. The quantitative estimate of drug-likeness (QED) is 0.800. The van der Waals surface area contributed by atoms with Crippen molar-refractivity contribution in [1.82, 2.24) is 10.1 Å². The number of methoxy groups -OCH3 is 1. The van der Waals surface area contributed by atoms with Crippen molar-refractivity contribution in [3.8, 4) is 17.1 Å². The highest BCUT2D eigenvalue weighted by Crippen LogP contribution is 2.35. The number of rotatable bonds is 6. The molecule has 1 aromatic carbocycles. The van der Waals surface area contributed by atoms with Gasteiger partial charge < -0.3 is 29.3 Å². The van der Waals surface area contributed by atoms with Gasteiger partial charge in [-0.15, -0.1) is 0 Å². The van der Waals surface area contributed by atoms with Gasteiger partial charge in [0, 0.05) is 25.2 Å². The zero-order valence-corrected chi connectivity index (χ0v) is 15.1. The van der Waals surface area contributed by atoms with Crippen LogP contribution in [-0.4, -0.2) is 72.7 Å². The summed E-state index contributed by atoms with van der Waals surface area (Å²) in [6.45, 7) is 1.31. The Morgan fingerprint density at radius 3 is 2.65 bits per heavy atom. The van der Waals surface area contributed by atoms with Crippen LogP contribution in [0.15, 0.2) is 28.8 Å². The monoisotopic (exact) mass is 361 g/mol. The van der Waals surface area contributed by atoms with E-state index in [2.05, 4.69) is 5.16 Å². The average Bonchev–Trinajstić information content (AvgIpc) is 3.18. The number of carbonyl (C=O) groups is 1. The van der Waals surface area contributed by atoms with Crippen LogP contribution in [-0.2, 0) is 0 Å². The molecule has 1 aliphatic heterocycles. The van der Waals surface area contributed by atoms with Gasteiger partial charge in [0.05, 0.1) is 12.7 Å². The first-order valence-corrected chi connectivity index (χ1v) is 8.32. The second-order valence-corrected chi connectivity index (χ2v) is 6.88. The molecule has 8 heteroatoms. The maximum Gasteiger partial charge on any atom is 0.343 e. The minimum atomic E-state index is -1.12. The third kappa shape index (κ3) is 3.51. The number of carboxylic acids is 1. The molecular formula is C18H23N3O5. The predicted molar refractivity (Wildman–Crippen MR) is 95.8 cm³/mol. The Hall–Kier alpha value is -2.58. The van der Waals surface area contributed by atoms with E-state index in [1.54, 1.807) is 36.3 Å². The molecule has 3 rings (SSSR count). The normalized spacial score (nSPS) is 20.0. The molecule has 1 atom stereocenters. The number of β-amino-alcohol motifs (C(OH)–C–C–N with tert-alkyl or cyclic N) is 1. The van der Waals surface area contributed by atoms with Crippen molar-refractivity contribution in [2.75, 3.05) is 45.7 Å². The number of likely N-dealkylation sites (N-methyl/N-ethyl adjacent to an activating group) is 1. The van der Waals surface area contributed by atoms with E-state index in [-0.39, 0.29) is 17.1 Å². The van der Waals surface area contributed by atoms with Crippen molar-refractivity contribution in [2.24, 2.45) is 0 Å². The SMILES string of the molecule is COc1ccc(-c2onc(N3CCC(O)(CN(C)C)C3)c2C(=O)O)cc1. The van der Waals surface area contributed by atoms with E-state index >= 15 is 0 Å². The summed E-state index contributed by atoms with van der Waals surface area (Å²) < 4.78 is 10.5. The third-order valence-corrected chi connectivity index (χ3v) is 4.48. The number of aromatic carboxylic acids is 1. The van der Waals surface area contributed by atoms with Crippen LogP contribution in [0.5, 0.6) is 5.75 Å². The van der Waals surface area contributed by atoms with E-state index in [4.69, 9.17) is 9.26 Å². The number of hydrogen-bond donors (Lipinski definition) is 2. The Kier molecular flexibility index (Phi) is 4.88. The summed E-state index contributed by atoms with van der Waals surface area (Å²) in [4.78, 5) is 15.6. The molecule has 1 fully saturated rings. The van der Waals surface area contributed by atoms with Crippen molar-refractivity contribution in [3.05, 3.63) is 29.8 Å². The number of aromatic nitrogens is 1. The van der Waals surface area contributed by atoms with Gasteiger partial charge >= 0.3 is 5.97 Å². The van der Waals surface area contributed by atoms with Crippen LogP contribution < -0.4 is 9.64 Å². The molecule has 1 unspecified atom stereocenters. The highest BCUT2D eigenvalue weighted by atomic mass is 16.5. The molecule has 26 heavy (non-hydrogen) atoms. The Morgan fingerprint density at radius 2 is 2.08 bits per heavy atom. The van der Waals surface area contributed by atoms with Gasteiger partial charge in [-0.3, -0.25) is 0 Å². The van der Waals surface area contributed by atoms with E-state index < -0.39 is 11.6 Å². The lowest BCUT2D eigenvalue weighted by Crippen LogP contribution is -2.42. The van der Waals surface area contributed by atoms with E-state index in [9.17, 15) is 15.0 Å². The molecule has 2 aromatic rings. The Bertz CT molecular complexity index is 787. The molecule has 1 aromatic heterocycles. The maximum atomic E-state index is 11.9. The molecule has 1 saturated heterocycles. The maximum absolute atomic E-state index is 11.9. The lowest BCUT2D eigenvalue weighted by atomic mass is 10.0. The Morgan fingerprint density at radius 1 is 1.38 bits per heavy atom. The van der Waals surface area contributed by atoms with Crippen LogP contribution in [0.25, 0.3) is 11.3 Å². The zero-order valence-electron chi connectivity index (χ0n) is 15.1. The van der Waals surface area contributed by atoms with Gasteiger partial charge in [-0.05, 0) is 44.8 Å². The molecule has 0 radical (unpaired) electrons. The zero-order chi connectivity index (χ0) is 18.9. The first kappa shape index (κ1) is 18.2. The van der Waals surface area contributed by atoms with E-state index in [1.807, 2.05) is 19.0 Å². The van der Waals surface area contributed by atoms with Crippen molar-refractivity contribution in [2.45, 2.75) is 12.0 Å². The molecule has 0 bridgehead atoms. The van der Waals surface area contributed by atoms with Gasteiger partial charge in [0.25, 0.3) is 0 Å². The molecule has 0 saturated carbocycles. The largest absolute Gasteiger partial charge is 0.497 e. The molecule has 140 valence electrons.